The predicted molar refractivity (Wildman–Crippen MR) is 82.1 cm³/mol. The van der Waals surface area contributed by atoms with Crippen molar-refractivity contribution in [2.75, 3.05) is 5.73 Å². The molecular formula is C17H16N2O. The molecule has 0 radical (unpaired) electrons. The molecule has 0 saturated heterocycles. The molecule has 20 heavy (non-hydrogen) atoms. The first-order chi connectivity index (χ1) is 9.54. The number of anilines is 1. The third kappa shape index (κ3) is 2.07. The van der Waals surface area contributed by atoms with Crippen molar-refractivity contribution < 1.29 is 4.79 Å². The van der Waals surface area contributed by atoms with E-state index in [1.165, 1.54) is 0 Å². The molecule has 0 unspecified atom stereocenters. The second-order valence-electron chi connectivity index (χ2n) is 5.21. The molecule has 3 N–H and O–H groups in total. The van der Waals surface area contributed by atoms with E-state index in [-0.39, 0.29) is 5.78 Å². The fourth-order valence-electron chi connectivity index (χ4n) is 2.53. The van der Waals surface area contributed by atoms with Crippen molar-refractivity contribution in [3.8, 4) is 0 Å². The van der Waals surface area contributed by atoms with E-state index < -0.39 is 0 Å². The Labute approximate surface area is 117 Å². The second kappa shape index (κ2) is 4.53. The van der Waals surface area contributed by atoms with Crippen molar-refractivity contribution in [1.29, 1.82) is 0 Å². The monoisotopic (exact) mass is 264 g/mol. The van der Waals surface area contributed by atoms with Gasteiger partial charge in [0.05, 0.1) is 0 Å². The molecule has 0 spiro atoms. The van der Waals surface area contributed by atoms with Gasteiger partial charge in [0, 0.05) is 33.9 Å². The minimum Gasteiger partial charge on any atom is -0.399 e. The van der Waals surface area contributed by atoms with Gasteiger partial charge in [-0.15, -0.1) is 0 Å². The van der Waals surface area contributed by atoms with E-state index in [1.54, 1.807) is 12.3 Å². The summed E-state index contributed by atoms with van der Waals surface area (Å²) in [4.78, 5) is 15.8. The summed E-state index contributed by atoms with van der Waals surface area (Å²) in [6.45, 7) is 3.97. The van der Waals surface area contributed by atoms with Crippen LogP contribution in [0.3, 0.4) is 0 Å². The number of benzene rings is 2. The summed E-state index contributed by atoms with van der Waals surface area (Å²) < 4.78 is 0. The standard InChI is InChI=1S/C17H16N2O/c1-10-3-4-14-15(9-19-16(14)7-10)17(20)12-5-11(2)6-13(18)8-12/h3-9,19H,18H2,1-2H3. The lowest BCUT2D eigenvalue weighted by Crippen LogP contribution is -2.02. The normalized spacial score (nSPS) is 10.9. The maximum absolute atomic E-state index is 12.6. The van der Waals surface area contributed by atoms with Gasteiger partial charge in [-0.1, -0.05) is 12.1 Å². The molecule has 1 heterocycles. The van der Waals surface area contributed by atoms with E-state index in [4.69, 9.17) is 5.73 Å². The van der Waals surface area contributed by atoms with Crippen molar-refractivity contribution in [3.05, 3.63) is 64.8 Å². The number of aromatic amines is 1. The molecule has 0 aliphatic rings. The Bertz CT molecular complexity index is 795. The number of hydrogen-bond donors (Lipinski definition) is 2. The molecule has 2 aromatic carbocycles. The summed E-state index contributed by atoms with van der Waals surface area (Å²) in [6, 6.07) is 11.5. The van der Waals surface area contributed by atoms with Crippen molar-refractivity contribution in [1.82, 2.24) is 4.98 Å². The predicted octanol–water partition coefficient (Wildman–Crippen LogP) is 3.60. The Kier molecular flexibility index (Phi) is 2.83. The molecule has 0 atom stereocenters. The first kappa shape index (κ1) is 12.5. The van der Waals surface area contributed by atoms with Crippen LogP contribution in [0.25, 0.3) is 10.9 Å². The first-order valence-corrected chi connectivity index (χ1v) is 6.54. The largest absolute Gasteiger partial charge is 0.399 e. The summed E-state index contributed by atoms with van der Waals surface area (Å²) >= 11 is 0. The summed E-state index contributed by atoms with van der Waals surface area (Å²) in [5.74, 6) is -0.00416. The molecule has 0 bridgehead atoms. The first-order valence-electron chi connectivity index (χ1n) is 6.54. The number of fused-ring (bicyclic) bond motifs is 1. The van der Waals surface area contributed by atoms with Crippen molar-refractivity contribution in [3.63, 3.8) is 0 Å². The molecular weight excluding hydrogens is 248 g/mol. The lowest BCUT2D eigenvalue weighted by atomic mass is 10.00. The number of carbonyl (C=O) groups excluding carboxylic acids is 1. The minimum atomic E-state index is -0.00416. The summed E-state index contributed by atoms with van der Waals surface area (Å²) in [6.07, 6.45) is 1.77. The highest BCUT2D eigenvalue weighted by atomic mass is 16.1. The maximum atomic E-state index is 12.6. The lowest BCUT2D eigenvalue weighted by molar-refractivity contribution is 0.104. The minimum absolute atomic E-state index is 0.00416. The van der Waals surface area contributed by atoms with Gasteiger partial charge in [0.25, 0.3) is 0 Å². The number of H-pyrrole nitrogens is 1. The SMILES string of the molecule is Cc1cc(N)cc(C(=O)c2c[nH]c3cc(C)ccc23)c1. The van der Waals surface area contributed by atoms with Crippen LogP contribution in [-0.4, -0.2) is 10.8 Å². The van der Waals surface area contributed by atoms with Crippen LogP contribution >= 0.6 is 0 Å². The highest BCUT2D eigenvalue weighted by molar-refractivity contribution is 6.16. The third-order valence-electron chi connectivity index (χ3n) is 3.44. The van der Waals surface area contributed by atoms with Gasteiger partial charge in [-0.3, -0.25) is 4.79 Å². The van der Waals surface area contributed by atoms with Crippen LogP contribution in [-0.2, 0) is 0 Å². The Morgan fingerprint density at radius 2 is 1.85 bits per heavy atom. The van der Waals surface area contributed by atoms with Gasteiger partial charge in [0.1, 0.15) is 0 Å². The average Bonchev–Trinajstić information content (AvgIpc) is 2.79. The topological polar surface area (TPSA) is 58.9 Å². The molecule has 100 valence electrons. The molecule has 0 amide bonds. The Morgan fingerprint density at radius 1 is 1.05 bits per heavy atom. The fourth-order valence-corrected chi connectivity index (χ4v) is 2.53. The lowest BCUT2D eigenvalue weighted by Gasteiger charge is -2.04. The zero-order valence-electron chi connectivity index (χ0n) is 11.5. The van der Waals surface area contributed by atoms with Crippen molar-refractivity contribution in [2.45, 2.75) is 13.8 Å². The van der Waals surface area contributed by atoms with Crippen LogP contribution in [0.2, 0.25) is 0 Å². The second-order valence-corrected chi connectivity index (χ2v) is 5.21. The molecule has 3 heteroatoms. The highest BCUT2D eigenvalue weighted by Crippen LogP contribution is 2.23. The molecule has 3 aromatic rings. The number of nitrogen functional groups attached to an aromatic ring is 1. The van der Waals surface area contributed by atoms with E-state index in [0.29, 0.717) is 16.8 Å². The van der Waals surface area contributed by atoms with E-state index >= 15 is 0 Å². The van der Waals surface area contributed by atoms with E-state index in [2.05, 4.69) is 4.98 Å². The molecule has 3 rings (SSSR count). The zero-order chi connectivity index (χ0) is 14.3. The van der Waals surface area contributed by atoms with Crippen molar-refractivity contribution in [2.24, 2.45) is 0 Å². The average molecular weight is 264 g/mol. The van der Waals surface area contributed by atoms with Crippen LogP contribution in [0.4, 0.5) is 5.69 Å². The van der Waals surface area contributed by atoms with Gasteiger partial charge in [-0.05, 0) is 49.2 Å². The van der Waals surface area contributed by atoms with Gasteiger partial charge in [-0.2, -0.15) is 0 Å². The number of hydrogen-bond acceptors (Lipinski definition) is 2. The van der Waals surface area contributed by atoms with Crippen LogP contribution in [0.5, 0.6) is 0 Å². The number of nitrogens with two attached hydrogens (primary N) is 1. The van der Waals surface area contributed by atoms with E-state index in [9.17, 15) is 4.79 Å². The summed E-state index contributed by atoms with van der Waals surface area (Å²) in [5, 5.41) is 0.945. The Hall–Kier alpha value is -2.55. The van der Waals surface area contributed by atoms with Gasteiger partial charge in [0.2, 0.25) is 0 Å². The Balaban J connectivity index is 2.12. The number of ketones is 1. The van der Waals surface area contributed by atoms with Gasteiger partial charge < -0.3 is 10.7 Å². The molecule has 0 fully saturated rings. The van der Waals surface area contributed by atoms with Gasteiger partial charge in [-0.25, -0.2) is 0 Å². The number of carbonyl (C=O) groups is 1. The van der Waals surface area contributed by atoms with Crippen LogP contribution < -0.4 is 5.73 Å². The third-order valence-corrected chi connectivity index (χ3v) is 3.44. The van der Waals surface area contributed by atoms with Gasteiger partial charge >= 0.3 is 0 Å². The summed E-state index contributed by atoms with van der Waals surface area (Å²) in [5.41, 5.74) is 10.9. The number of aryl methyl sites for hydroxylation is 2. The smallest absolute Gasteiger partial charge is 0.195 e. The van der Waals surface area contributed by atoms with Crippen LogP contribution in [0, 0.1) is 13.8 Å². The zero-order valence-corrected chi connectivity index (χ0v) is 11.5. The maximum Gasteiger partial charge on any atom is 0.195 e. The summed E-state index contributed by atoms with van der Waals surface area (Å²) in [7, 11) is 0. The van der Waals surface area contributed by atoms with Crippen molar-refractivity contribution >= 4 is 22.4 Å². The van der Waals surface area contributed by atoms with Crippen LogP contribution in [0.1, 0.15) is 27.0 Å². The fraction of sp³-hybridized carbons (Fsp3) is 0.118. The molecule has 3 nitrogen and oxygen atoms in total. The molecule has 1 aromatic heterocycles. The van der Waals surface area contributed by atoms with Gasteiger partial charge in [0.15, 0.2) is 5.78 Å². The molecule has 0 saturated carbocycles. The highest BCUT2D eigenvalue weighted by Gasteiger charge is 2.14. The van der Waals surface area contributed by atoms with E-state index in [1.807, 2.05) is 44.2 Å². The Morgan fingerprint density at radius 3 is 2.60 bits per heavy atom. The molecule has 0 aliphatic carbocycles. The number of nitrogens with one attached hydrogen (secondary N) is 1. The quantitative estimate of drug-likeness (QED) is 0.549. The van der Waals surface area contributed by atoms with E-state index in [0.717, 1.165) is 22.0 Å². The molecule has 0 aliphatic heterocycles. The number of aromatic nitrogens is 1. The number of rotatable bonds is 2. The van der Waals surface area contributed by atoms with Crippen LogP contribution in [0.15, 0.2) is 42.6 Å².